The van der Waals surface area contributed by atoms with Crippen LogP contribution < -0.4 is 19.6 Å². The first-order valence-electron chi connectivity index (χ1n) is 11.5. The summed E-state index contributed by atoms with van der Waals surface area (Å²) in [5, 5.41) is 4.47. The number of methoxy groups -OCH3 is 1. The van der Waals surface area contributed by atoms with Crippen molar-refractivity contribution in [1.82, 2.24) is 14.6 Å². The van der Waals surface area contributed by atoms with Crippen LogP contribution in [0.1, 0.15) is 52.2 Å². The molecule has 0 radical (unpaired) electrons. The normalized spacial score (nSPS) is 12.6. The lowest BCUT2D eigenvalue weighted by atomic mass is 9.87. The van der Waals surface area contributed by atoms with Crippen molar-refractivity contribution in [2.75, 3.05) is 13.7 Å². The molecule has 7 heteroatoms. The van der Waals surface area contributed by atoms with E-state index in [1.54, 1.807) is 7.11 Å². The van der Waals surface area contributed by atoms with E-state index < -0.39 is 0 Å². The summed E-state index contributed by atoms with van der Waals surface area (Å²) in [6.07, 6.45) is 2.81. The van der Waals surface area contributed by atoms with Gasteiger partial charge in [-0.05, 0) is 47.1 Å². The predicted octanol–water partition coefficient (Wildman–Crippen LogP) is 5.10. The second kappa shape index (κ2) is 9.58. The minimum absolute atomic E-state index is 0.0779. The number of hydrogen-bond acceptors (Lipinski definition) is 6. The van der Waals surface area contributed by atoms with Crippen molar-refractivity contribution in [2.24, 2.45) is 5.92 Å². The first kappa shape index (κ1) is 24.0. The quantitative estimate of drug-likeness (QED) is 0.371. The SMILES string of the molecule is COc1cc(/C=c2/sc3nc(-c4ccc(C(C)(C)C)cc4)nn3c2=O)ccc1OCCC(C)C. The molecule has 0 saturated carbocycles. The number of benzene rings is 2. The molecule has 34 heavy (non-hydrogen) atoms. The van der Waals surface area contributed by atoms with Crippen LogP contribution in [-0.4, -0.2) is 28.3 Å². The summed E-state index contributed by atoms with van der Waals surface area (Å²) in [6, 6.07) is 13.9. The van der Waals surface area contributed by atoms with Gasteiger partial charge in [0.2, 0.25) is 4.96 Å². The van der Waals surface area contributed by atoms with Crippen molar-refractivity contribution in [2.45, 2.75) is 46.5 Å². The Kier molecular flexibility index (Phi) is 6.75. The molecule has 0 aliphatic heterocycles. The number of ether oxygens (including phenoxy) is 2. The largest absolute Gasteiger partial charge is 0.493 e. The Morgan fingerprint density at radius 3 is 2.44 bits per heavy atom. The average Bonchev–Trinajstić information content (AvgIpc) is 3.33. The monoisotopic (exact) mass is 477 g/mol. The number of nitrogens with zero attached hydrogens (tertiary/aromatic N) is 3. The van der Waals surface area contributed by atoms with Gasteiger partial charge in [0.15, 0.2) is 17.3 Å². The van der Waals surface area contributed by atoms with Gasteiger partial charge in [-0.3, -0.25) is 4.79 Å². The third-order valence-electron chi connectivity index (χ3n) is 5.63. The highest BCUT2D eigenvalue weighted by molar-refractivity contribution is 7.15. The molecule has 0 spiro atoms. The molecule has 0 N–H and O–H groups in total. The lowest BCUT2D eigenvalue weighted by molar-refractivity contribution is 0.273. The molecule has 2 aromatic heterocycles. The van der Waals surface area contributed by atoms with Gasteiger partial charge in [0.1, 0.15) is 0 Å². The van der Waals surface area contributed by atoms with Gasteiger partial charge in [0, 0.05) is 5.56 Å². The van der Waals surface area contributed by atoms with Gasteiger partial charge in [-0.2, -0.15) is 9.50 Å². The molecule has 4 aromatic rings. The Morgan fingerprint density at radius 2 is 1.82 bits per heavy atom. The summed E-state index contributed by atoms with van der Waals surface area (Å²) in [6.45, 7) is 11.5. The predicted molar refractivity (Wildman–Crippen MR) is 138 cm³/mol. The van der Waals surface area contributed by atoms with Crippen molar-refractivity contribution < 1.29 is 9.47 Å². The van der Waals surface area contributed by atoms with Gasteiger partial charge in [0.25, 0.3) is 5.56 Å². The molecule has 2 aromatic carbocycles. The van der Waals surface area contributed by atoms with Crippen LogP contribution in [0.15, 0.2) is 47.3 Å². The molecule has 178 valence electrons. The summed E-state index contributed by atoms with van der Waals surface area (Å²) in [5.41, 5.74) is 2.89. The van der Waals surface area contributed by atoms with E-state index in [9.17, 15) is 4.79 Å². The zero-order valence-corrected chi connectivity index (χ0v) is 21.4. The first-order valence-corrected chi connectivity index (χ1v) is 12.3. The molecule has 0 bridgehead atoms. The number of rotatable bonds is 7. The van der Waals surface area contributed by atoms with Crippen molar-refractivity contribution in [3.8, 4) is 22.9 Å². The van der Waals surface area contributed by atoms with Crippen LogP contribution in [0.3, 0.4) is 0 Å². The molecule has 0 aliphatic carbocycles. The molecule has 2 heterocycles. The Morgan fingerprint density at radius 1 is 1.09 bits per heavy atom. The van der Waals surface area contributed by atoms with Gasteiger partial charge in [-0.15, -0.1) is 5.10 Å². The van der Waals surface area contributed by atoms with Crippen LogP contribution in [0.25, 0.3) is 22.4 Å². The Hall–Kier alpha value is -3.19. The second-order valence-corrected chi connectivity index (χ2v) is 10.8. The molecular weight excluding hydrogens is 446 g/mol. The fourth-order valence-electron chi connectivity index (χ4n) is 3.52. The Balaban J connectivity index is 1.61. The van der Waals surface area contributed by atoms with Crippen molar-refractivity contribution >= 4 is 22.4 Å². The van der Waals surface area contributed by atoms with Gasteiger partial charge in [-0.25, -0.2) is 0 Å². The molecule has 0 amide bonds. The fraction of sp³-hybridized carbons (Fsp3) is 0.370. The van der Waals surface area contributed by atoms with E-state index in [2.05, 4.69) is 56.8 Å². The summed E-state index contributed by atoms with van der Waals surface area (Å²) < 4.78 is 13.3. The topological polar surface area (TPSA) is 65.7 Å². The van der Waals surface area contributed by atoms with E-state index in [0.717, 1.165) is 17.5 Å². The van der Waals surface area contributed by atoms with E-state index >= 15 is 0 Å². The zero-order valence-electron chi connectivity index (χ0n) is 20.6. The van der Waals surface area contributed by atoms with Crippen LogP contribution in [0, 0.1) is 5.92 Å². The molecule has 0 unspecified atom stereocenters. The maximum atomic E-state index is 13.0. The van der Waals surface area contributed by atoms with Crippen LogP contribution >= 0.6 is 11.3 Å². The highest BCUT2D eigenvalue weighted by Crippen LogP contribution is 2.29. The number of hydrogen-bond donors (Lipinski definition) is 0. The maximum absolute atomic E-state index is 13.0. The third-order valence-corrected chi connectivity index (χ3v) is 6.59. The van der Waals surface area contributed by atoms with E-state index in [4.69, 9.17) is 9.47 Å². The number of aromatic nitrogens is 3. The zero-order chi connectivity index (χ0) is 24.5. The second-order valence-electron chi connectivity index (χ2n) is 9.81. The Bertz CT molecular complexity index is 1400. The summed E-state index contributed by atoms with van der Waals surface area (Å²) in [5.74, 6) is 2.47. The summed E-state index contributed by atoms with van der Waals surface area (Å²) in [4.78, 5) is 18.1. The lowest BCUT2D eigenvalue weighted by Crippen LogP contribution is -2.23. The van der Waals surface area contributed by atoms with Crippen LogP contribution in [0.5, 0.6) is 11.5 Å². The molecular formula is C27H31N3O3S. The highest BCUT2D eigenvalue weighted by Gasteiger charge is 2.16. The standard InChI is InChI=1S/C27H31N3O3S/c1-17(2)13-14-33-21-12-7-18(15-22(21)32-6)16-23-25(31)30-26(34-23)28-24(29-30)19-8-10-20(11-9-19)27(3,4)5/h7-12,15-17H,13-14H2,1-6H3/b23-16+. The molecule has 0 saturated heterocycles. The van der Waals surface area contributed by atoms with E-state index in [1.165, 1.54) is 21.4 Å². The summed E-state index contributed by atoms with van der Waals surface area (Å²) >= 11 is 1.33. The van der Waals surface area contributed by atoms with E-state index in [0.29, 0.717) is 39.3 Å². The smallest absolute Gasteiger partial charge is 0.291 e. The lowest BCUT2D eigenvalue weighted by Gasteiger charge is -2.18. The molecule has 0 fully saturated rings. The van der Waals surface area contributed by atoms with Crippen molar-refractivity contribution in [1.29, 1.82) is 0 Å². The number of fused-ring (bicyclic) bond motifs is 1. The van der Waals surface area contributed by atoms with Gasteiger partial charge in [0.05, 0.1) is 18.2 Å². The Labute approximate surface area is 203 Å². The third kappa shape index (κ3) is 5.14. The van der Waals surface area contributed by atoms with Crippen molar-refractivity contribution in [3.05, 3.63) is 68.5 Å². The molecule has 6 nitrogen and oxygen atoms in total. The molecule has 0 aliphatic rings. The summed E-state index contributed by atoms with van der Waals surface area (Å²) in [7, 11) is 1.62. The average molecular weight is 478 g/mol. The van der Waals surface area contributed by atoms with Crippen molar-refractivity contribution in [3.63, 3.8) is 0 Å². The van der Waals surface area contributed by atoms with E-state index in [1.807, 2.05) is 36.4 Å². The first-order chi connectivity index (χ1) is 16.2. The minimum atomic E-state index is -0.179. The fourth-order valence-corrected chi connectivity index (χ4v) is 4.43. The van der Waals surface area contributed by atoms with Crippen LogP contribution in [0.2, 0.25) is 0 Å². The number of thiazole rings is 1. The minimum Gasteiger partial charge on any atom is -0.493 e. The van der Waals surface area contributed by atoms with E-state index in [-0.39, 0.29) is 11.0 Å². The molecule has 4 rings (SSSR count). The van der Waals surface area contributed by atoms with Crippen LogP contribution in [-0.2, 0) is 5.41 Å². The molecule has 0 atom stereocenters. The maximum Gasteiger partial charge on any atom is 0.291 e. The van der Waals surface area contributed by atoms with Gasteiger partial charge in [-0.1, -0.05) is 76.3 Å². The van der Waals surface area contributed by atoms with Gasteiger partial charge >= 0.3 is 0 Å². The van der Waals surface area contributed by atoms with Crippen LogP contribution in [0.4, 0.5) is 0 Å². The highest BCUT2D eigenvalue weighted by atomic mass is 32.1. The van der Waals surface area contributed by atoms with Gasteiger partial charge < -0.3 is 9.47 Å².